The van der Waals surface area contributed by atoms with E-state index in [1.54, 1.807) is 0 Å². The number of benzene rings is 1. The Hall–Kier alpha value is -2.10. The van der Waals surface area contributed by atoms with Crippen LogP contribution in [0.2, 0.25) is 0 Å². The van der Waals surface area contributed by atoms with Crippen LogP contribution in [0.15, 0.2) is 29.1 Å². The minimum atomic E-state index is -0.114. The van der Waals surface area contributed by atoms with Gasteiger partial charge in [-0.3, -0.25) is 9.78 Å². The van der Waals surface area contributed by atoms with Gasteiger partial charge in [0, 0.05) is 18.4 Å². The molecule has 0 fully saturated rings. The van der Waals surface area contributed by atoms with Gasteiger partial charge in [-0.25, -0.2) is 4.98 Å². The van der Waals surface area contributed by atoms with E-state index < -0.39 is 0 Å². The second-order valence-electron chi connectivity index (χ2n) is 4.00. The Morgan fingerprint density at radius 3 is 2.62 bits per heavy atom. The number of hydrogen-bond donors (Lipinski definition) is 2. The molecule has 1 heterocycles. The predicted octanol–water partition coefficient (Wildman–Crippen LogP) is 0.847. The van der Waals surface area contributed by atoms with Gasteiger partial charge in [-0.1, -0.05) is 24.3 Å². The van der Waals surface area contributed by atoms with Crippen LogP contribution in [-0.2, 0) is 12.8 Å². The molecule has 4 heteroatoms. The minimum absolute atomic E-state index is 0.114. The van der Waals surface area contributed by atoms with E-state index >= 15 is 0 Å². The number of rotatable bonds is 0. The van der Waals surface area contributed by atoms with Crippen molar-refractivity contribution in [2.45, 2.75) is 12.8 Å². The number of hydrogen-bond acceptors (Lipinski definition) is 3. The van der Waals surface area contributed by atoms with Gasteiger partial charge in [-0.05, 0) is 11.1 Å². The van der Waals surface area contributed by atoms with Crippen molar-refractivity contribution >= 4 is 5.95 Å². The lowest BCUT2D eigenvalue weighted by atomic mass is 9.90. The van der Waals surface area contributed by atoms with Crippen LogP contribution in [0, 0.1) is 0 Å². The first-order valence-corrected chi connectivity index (χ1v) is 5.18. The Kier molecular flexibility index (Phi) is 1.83. The van der Waals surface area contributed by atoms with Gasteiger partial charge in [-0.15, -0.1) is 0 Å². The van der Waals surface area contributed by atoms with E-state index in [2.05, 4.69) is 16.0 Å². The maximum atomic E-state index is 11.7. The van der Waals surface area contributed by atoms with Gasteiger partial charge in [0.15, 0.2) is 0 Å². The number of nitrogens with one attached hydrogen (secondary N) is 1. The molecule has 0 bridgehead atoms. The van der Waals surface area contributed by atoms with E-state index in [-0.39, 0.29) is 11.5 Å². The summed E-state index contributed by atoms with van der Waals surface area (Å²) in [4.78, 5) is 18.5. The smallest absolute Gasteiger partial charge is 0.256 e. The molecule has 80 valence electrons. The highest BCUT2D eigenvalue weighted by atomic mass is 16.1. The van der Waals surface area contributed by atoms with Crippen molar-refractivity contribution in [1.82, 2.24) is 9.97 Å². The number of aromatic amines is 1. The Balaban J connectivity index is 2.19. The van der Waals surface area contributed by atoms with E-state index in [1.807, 2.05) is 18.2 Å². The first-order chi connectivity index (χ1) is 7.74. The molecule has 0 radical (unpaired) electrons. The number of fused-ring (bicyclic) bond motifs is 2. The third-order valence-electron chi connectivity index (χ3n) is 2.96. The zero-order chi connectivity index (χ0) is 11.1. The summed E-state index contributed by atoms with van der Waals surface area (Å²) in [7, 11) is 0. The van der Waals surface area contributed by atoms with Crippen LogP contribution in [0.5, 0.6) is 0 Å². The third kappa shape index (κ3) is 1.31. The highest BCUT2D eigenvalue weighted by Gasteiger charge is 2.19. The highest BCUT2D eigenvalue weighted by molar-refractivity contribution is 5.42. The minimum Gasteiger partial charge on any atom is -0.369 e. The molecule has 16 heavy (non-hydrogen) atoms. The molecule has 0 spiro atoms. The Bertz CT molecular complexity index is 616. The SMILES string of the molecule is Nc1nc2c(c(=O)[nH]1)Cc1ccccc1C2. The highest BCUT2D eigenvalue weighted by Crippen LogP contribution is 2.23. The van der Waals surface area contributed by atoms with Crippen LogP contribution in [0.3, 0.4) is 0 Å². The fraction of sp³-hybridized carbons (Fsp3) is 0.167. The summed E-state index contributed by atoms with van der Waals surface area (Å²) in [6, 6.07) is 8.11. The van der Waals surface area contributed by atoms with Gasteiger partial charge in [0.1, 0.15) is 0 Å². The molecule has 0 unspecified atom stereocenters. The topological polar surface area (TPSA) is 71.8 Å². The van der Waals surface area contributed by atoms with E-state index in [4.69, 9.17) is 5.73 Å². The van der Waals surface area contributed by atoms with Crippen LogP contribution < -0.4 is 11.3 Å². The lowest BCUT2D eigenvalue weighted by Gasteiger charge is -2.17. The molecule has 1 aliphatic carbocycles. The molecule has 0 amide bonds. The summed E-state index contributed by atoms with van der Waals surface area (Å²) in [6.07, 6.45) is 1.34. The number of anilines is 1. The van der Waals surface area contributed by atoms with Crippen LogP contribution >= 0.6 is 0 Å². The molecular formula is C12H11N3O. The molecule has 0 saturated heterocycles. The molecule has 0 saturated carbocycles. The van der Waals surface area contributed by atoms with Crippen LogP contribution in [0.1, 0.15) is 22.4 Å². The van der Waals surface area contributed by atoms with Gasteiger partial charge in [0.2, 0.25) is 5.95 Å². The van der Waals surface area contributed by atoms with Gasteiger partial charge in [0.05, 0.1) is 5.69 Å². The number of nitrogens with zero attached hydrogens (tertiary/aromatic N) is 1. The van der Waals surface area contributed by atoms with E-state index in [0.29, 0.717) is 12.8 Å². The number of H-pyrrole nitrogens is 1. The van der Waals surface area contributed by atoms with E-state index in [9.17, 15) is 4.79 Å². The fourth-order valence-corrected chi connectivity index (χ4v) is 2.17. The normalized spacial score (nSPS) is 13.0. The number of nitrogen functional groups attached to an aromatic ring is 1. The van der Waals surface area contributed by atoms with Crippen LogP contribution in [0.4, 0.5) is 5.95 Å². The molecule has 3 rings (SSSR count). The van der Waals surface area contributed by atoms with Crippen molar-refractivity contribution in [1.29, 1.82) is 0 Å². The summed E-state index contributed by atoms with van der Waals surface area (Å²) in [5.41, 5.74) is 9.40. The van der Waals surface area contributed by atoms with Gasteiger partial charge < -0.3 is 5.73 Å². The predicted molar refractivity (Wildman–Crippen MR) is 61.3 cm³/mol. The first-order valence-electron chi connectivity index (χ1n) is 5.18. The van der Waals surface area contributed by atoms with Gasteiger partial charge in [-0.2, -0.15) is 0 Å². The molecule has 2 aromatic rings. The summed E-state index contributed by atoms with van der Waals surface area (Å²) < 4.78 is 0. The quantitative estimate of drug-likeness (QED) is 0.581. The lowest BCUT2D eigenvalue weighted by molar-refractivity contribution is 0.899. The molecule has 0 aliphatic heterocycles. The molecule has 1 aromatic carbocycles. The average molecular weight is 213 g/mol. The zero-order valence-corrected chi connectivity index (χ0v) is 8.66. The van der Waals surface area contributed by atoms with Crippen molar-refractivity contribution in [3.63, 3.8) is 0 Å². The number of aromatic nitrogens is 2. The van der Waals surface area contributed by atoms with Crippen molar-refractivity contribution in [3.05, 3.63) is 57.0 Å². The van der Waals surface area contributed by atoms with Crippen LogP contribution in [0.25, 0.3) is 0 Å². The van der Waals surface area contributed by atoms with Crippen molar-refractivity contribution < 1.29 is 0 Å². The zero-order valence-electron chi connectivity index (χ0n) is 8.66. The average Bonchev–Trinajstić information content (AvgIpc) is 2.27. The maximum Gasteiger partial charge on any atom is 0.256 e. The summed E-state index contributed by atoms with van der Waals surface area (Å²) in [5, 5.41) is 0. The second kappa shape index (κ2) is 3.20. The molecule has 1 aliphatic rings. The van der Waals surface area contributed by atoms with Crippen LogP contribution in [-0.4, -0.2) is 9.97 Å². The van der Waals surface area contributed by atoms with Crippen molar-refractivity contribution in [2.75, 3.05) is 5.73 Å². The molecule has 4 nitrogen and oxygen atoms in total. The Morgan fingerprint density at radius 1 is 1.19 bits per heavy atom. The van der Waals surface area contributed by atoms with Gasteiger partial charge >= 0.3 is 0 Å². The molecule has 1 aromatic heterocycles. The van der Waals surface area contributed by atoms with Crippen molar-refractivity contribution in [3.8, 4) is 0 Å². The summed E-state index contributed by atoms with van der Waals surface area (Å²) in [5.74, 6) is 0.197. The largest absolute Gasteiger partial charge is 0.369 e. The lowest BCUT2D eigenvalue weighted by Crippen LogP contribution is -2.23. The molecule has 0 atom stereocenters. The number of nitrogens with two attached hydrogens (primary N) is 1. The fourth-order valence-electron chi connectivity index (χ4n) is 2.17. The van der Waals surface area contributed by atoms with Crippen molar-refractivity contribution in [2.24, 2.45) is 0 Å². The second-order valence-corrected chi connectivity index (χ2v) is 4.00. The standard InChI is InChI=1S/C12H11N3O/c13-12-14-10-6-8-4-2-1-3-7(8)5-9(10)11(16)15-12/h1-4H,5-6H2,(H3,13,14,15,16). The van der Waals surface area contributed by atoms with E-state index in [0.717, 1.165) is 11.3 Å². The molecular weight excluding hydrogens is 202 g/mol. The monoisotopic (exact) mass is 213 g/mol. The Morgan fingerprint density at radius 2 is 1.88 bits per heavy atom. The third-order valence-corrected chi connectivity index (χ3v) is 2.96. The first kappa shape index (κ1) is 9.15. The summed E-state index contributed by atoms with van der Waals surface area (Å²) in [6.45, 7) is 0. The maximum absolute atomic E-state index is 11.7. The van der Waals surface area contributed by atoms with Gasteiger partial charge in [0.25, 0.3) is 5.56 Å². The Labute approximate surface area is 92.2 Å². The van der Waals surface area contributed by atoms with E-state index in [1.165, 1.54) is 11.1 Å². The molecule has 3 N–H and O–H groups in total. The summed E-state index contributed by atoms with van der Waals surface area (Å²) >= 11 is 0.